The van der Waals surface area contributed by atoms with Gasteiger partial charge in [-0.25, -0.2) is 0 Å². The summed E-state index contributed by atoms with van der Waals surface area (Å²) in [5.74, 6) is -0.0314. The Labute approximate surface area is 115 Å². The Morgan fingerprint density at radius 3 is 2.61 bits per heavy atom. The van der Waals surface area contributed by atoms with Crippen LogP contribution in [0, 0.1) is 0 Å². The molecular formula is C12H18BrN3O2. The molecule has 2 atom stereocenters. The van der Waals surface area contributed by atoms with Crippen LogP contribution < -0.4 is 0 Å². The van der Waals surface area contributed by atoms with E-state index in [-0.39, 0.29) is 18.1 Å². The molecule has 0 bridgehead atoms. The number of ether oxygens (including phenoxy) is 1. The number of hydrogen-bond acceptors (Lipinski definition) is 3. The molecule has 0 N–H and O–H groups in total. The number of aryl methyl sites for hydroxylation is 1. The van der Waals surface area contributed by atoms with E-state index in [1.54, 1.807) is 4.68 Å². The lowest BCUT2D eigenvalue weighted by atomic mass is 10.2. The van der Waals surface area contributed by atoms with Crippen LogP contribution in [-0.4, -0.2) is 45.9 Å². The molecule has 0 aliphatic carbocycles. The molecule has 1 aliphatic heterocycles. The largest absolute Gasteiger partial charge is 0.372 e. The predicted molar refractivity (Wildman–Crippen MR) is 71.5 cm³/mol. The van der Waals surface area contributed by atoms with Crippen LogP contribution >= 0.6 is 15.9 Å². The molecule has 1 aromatic rings. The SMILES string of the molecule is CCn1cc(Br)c(C(=O)N2C[C@H](C)O[C@@H](C)C2)n1. The molecule has 100 valence electrons. The summed E-state index contributed by atoms with van der Waals surface area (Å²) in [6.07, 6.45) is 1.98. The third kappa shape index (κ3) is 2.75. The fraction of sp³-hybridized carbons (Fsp3) is 0.667. The van der Waals surface area contributed by atoms with E-state index in [4.69, 9.17) is 4.74 Å². The molecule has 1 aliphatic rings. The van der Waals surface area contributed by atoms with Crippen LogP contribution in [0.1, 0.15) is 31.3 Å². The average molecular weight is 316 g/mol. The highest BCUT2D eigenvalue weighted by Gasteiger charge is 2.29. The van der Waals surface area contributed by atoms with E-state index < -0.39 is 0 Å². The van der Waals surface area contributed by atoms with Gasteiger partial charge in [0.2, 0.25) is 0 Å². The Balaban J connectivity index is 2.17. The third-order valence-corrected chi connectivity index (χ3v) is 3.53. The van der Waals surface area contributed by atoms with E-state index in [0.29, 0.717) is 18.8 Å². The topological polar surface area (TPSA) is 47.4 Å². The minimum atomic E-state index is -0.0314. The summed E-state index contributed by atoms with van der Waals surface area (Å²) in [5, 5.41) is 4.29. The van der Waals surface area contributed by atoms with Crippen molar-refractivity contribution in [2.75, 3.05) is 13.1 Å². The number of hydrogen-bond donors (Lipinski definition) is 0. The molecule has 5 nitrogen and oxygen atoms in total. The zero-order valence-corrected chi connectivity index (χ0v) is 12.5. The van der Waals surface area contributed by atoms with Crippen molar-refractivity contribution in [3.05, 3.63) is 16.4 Å². The lowest BCUT2D eigenvalue weighted by molar-refractivity contribution is -0.0587. The second-order valence-corrected chi connectivity index (χ2v) is 5.50. The summed E-state index contributed by atoms with van der Waals surface area (Å²) >= 11 is 3.39. The third-order valence-electron chi connectivity index (χ3n) is 2.95. The smallest absolute Gasteiger partial charge is 0.275 e. The number of carbonyl (C=O) groups is 1. The van der Waals surface area contributed by atoms with E-state index in [9.17, 15) is 4.79 Å². The predicted octanol–water partition coefficient (Wildman–Crippen LogP) is 1.91. The van der Waals surface area contributed by atoms with Gasteiger partial charge >= 0.3 is 0 Å². The Kier molecular flexibility index (Phi) is 4.07. The van der Waals surface area contributed by atoms with Crippen molar-refractivity contribution in [2.45, 2.75) is 39.5 Å². The molecule has 2 rings (SSSR count). The molecule has 1 aromatic heterocycles. The summed E-state index contributed by atoms with van der Waals surface area (Å²) in [6, 6.07) is 0. The number of nitrogens with zero attached hydrogens (tertiary/aromatic N) is 3. The van der Waals surface area contributed by atoms with Crippen LogP contribution in [0.4, 0.5) is 0 Å². The van der Waals surface area contributed by atoms with Crippen molar-refractivity contribution in [1.82, 2.24) is 14.7 Å². The van der Waals surface area contributed by atoms with Crippen molar-refractivity contribution in [1.29, 1.82) is 0 Å². The lowest BCUT2D eigenvalue weighted by Gasteiger charge is -2.34. The van der Waals surface area contributed by atoms with Crippen LogP contribution in [0.25, 0.3) is 0 Å². The maximum atomic E-state index is 12.4. The molecule has 0 aromatic carbocycles. The van der Waals surface area contributed by atoms with Crippen molar-refractivity contribution in [3.63, 3.8) is 0 Å². The average Bonchev–Trinajstić information content (AvgIpc) is 2.68. The molecule has 0 unspecified atom stereocenters. The van der Waals surface area contributed by atoms with Gasteiger partial charge in [0, 0.05) is 25.8 Å². The van der Waals surface area contributed by atoms with Gasteiger partial charge in [-0.2, -0.15) is 5.10 Å². The molecule has 0 saturated carbocycles. The Morgan fingerprint density at radius 1 is 1.50 bits per heavy atom. The fourth-order valence-electron chi connectivity index (χ4n) is 2.20. The summed E-state index contributed by atoms with van der Waals surface area (Å²) in [4.78, 5) is 14.2. The number of amides is 1. The maximum absolute atomic E-state index is 12.4. The molecule has 1 amide bonds. The van der Waals surface area contributed by atoms with Crippen LogP contribution in [0.2, 0.25) is 0 Å². The normalized spacial score (nSPS) is 24.3. The van der Waals surface area contributed by atoms with Gasteiger partial charge in [-0.05, 0) is 36.7 Å². The highest BCUT2D eigenvalue weighted by molar-refractivity contribution is 9.10. The number of halogens is 1. The molecule has 1 fully saturated rings. The van der Waals surface area contributed by atoms with Crippen LogP contribution in [-0.2, 0) is 11.3 Å². The summed E-state index contributed by atoms with van der Waals surface area (Å²) in [5.41, 5.74) is 0.484. The van der Waals surface area contributed by atoms with Gasteiger partial charge < -0.3 is 9.64 Å². The van der Waals surface area contributed by atoms with E-state index in [1.807, 2.05) is 31.9 Å². The van der Waals surface area contributed by atoms with E-state index in [2.05, 4.69) is 21.0 Å². The van der Waals surface area contributed by atoms with E-state index in [1.165, 1.54) is 0 Å². The minimum Gasteiger partial charge on any atom is -0.372 e. The first-order valence-corrected chi connectivity index (χ1v) is 6.98. The van der Waals surface area contributed by atoms with Gasteiger partial charge in [0.05, 0.1) is 16.7 Å². The number of morpholine rings is 1. The van der Waals surface area contributed by atoms with E-state index >= 15 is 0 Å². The first kappa shape index (κ1) is 13.5. The van der Waals surface area contributed by atoms with Crippen molar-refractivity contribution in [3.8, 4) is 0 Å². The highest BCUT2D eigenvalue weighted by Crippen LogP contribution is 2.19. The lowest BCUT2D eigenvalue weighted by Crippen LogP contribution is -2.48. The first-order chi connectivity index (χ1) is 8.51. The Bertz CT molecular complexity index is 437. The van der Waals surface area contributed by atoms with Gasteiger partial charge in [0.1, 0.15) is 0 Å². The summed E-state index contributed by atoms with van der Waals surface area (Å²) in [7, 11) is 0. The second-order valence-electron chi connectivity index (χ2n) is 4.65. The van der Waals surface area contributed by atoms with Gasteiger partial charge in [0.25, 0.3) is 5.91 Å². The van der Waals surface area contributed by atoms with Crippen molar-refractivity contribution in [2.24, 2.45) is 0 Å². The van der Waals surface area contributed by atoms with Gasteiger partial charge in [-0.1, -0.05) is 0 Å². The number of rotatable bonds is 2. The zero-order chi connectivity index (χ0) is 13.3. The van der Waals surface area contributed by atoms with Crippen molar-refractivity contribution < 1.29 is 9.53 Å². The summed E-state index contributed by atoms with van der Waals surface area (Å²) < 4.78 is 8.13. The molecule has 18 heavy (non-hydrogen) atoms. The minimum absolute atomic E-state index is 0.0314. The number of aromatic nitrogens is 2. The van der Waals surface area contributed by atoms with Crippen molar-refractivity contribution >= 4 is 21.8 Å². The van der Waals surface area contributed by atoms with Gasteiger partial charge in [-0.3, -0.25) is 9.48 Å². The Morgan fingerprint density at radius 2 is 2.11 bits per heavy atom. The number of carbonyl (C=O) groups excluding carboxylic acids is 1. The monoisotopic (exact) mass is 315 g/mol. The molecule has 1 saturated heterocycles. The zero-order valence-electron chi connectivity index (χ0n) is 10.9. The molecule has 2 heterocycles. The van der Waals surface area contributed by atoms with E-state index in [0.717, 1.165) is 11.0 Å². The molecule has 0 radical (unpaired) electrons. The van der Waals surface area contributed by atoms with Crippen LogP contribution in [0.15, 0.2) is 10.7 Å². The second kappa shape index (κ2) is 5.40. The summed E-state index contributed by atoms with van der Waals surface area (Å²) in [6.45, 7) is 7.95. The molecule has 0 spiro atoms. The quantitative estimate of drug-likeness (QED) is 0.837. The fourth-order valence-corrected chi connectivity index (χ4v) is 2.68. The van der Waals surface area contributed by atoms with Crippen LogP contribution in [0.5, 0.6) is 0 Å². The maximum Gasteiger partial charge on any atom is 0.275 e. The molecule has 6 heteroatoms. The standard InChI is InChI=1S/C12H18BrN3O2/c1-4-16-7-10(13)11(14-16)12(17)15-5-8(2)18-9(3)6-15/h7-9H,4-6H2,1-3H3/t8-,9-/m0/s1. The Hall–Kier alpha value is -0.880. The molecular weight excluding hydrogens is 298 g/mol. The van der Waals surface area contributed by atoms with Gasteiger partial charge in [0.15, 0.2) is 5.69 Å². The van der Waals surface area contributed by atoms with Crippen LogP contribution in [0.3, 0.4) is 0 Å². The van der Waals surface area contributed by atoms with Gasteiger partial charge in [-0.15, -0.1) is 0 Å². The highest BCUT2D eigenvalue weighted by atomic mass is 79.9. The first-order valence-electron chi connectivity index (χ1n) is 6.19.